The van der Waals surface area contributed by atoms with Gasteiger partial charge in [0.25, 0.3) is 0 Å². The molecule has 3 nitrogen and oxygen atoms in total. The summed E-state index contributed by atoms with van der Waals surface area (Å²) in [5, 5.41) is 4.31. The van der Waals surface area contributed by atoms with Gasteiger partial charge in [-0.25, -0.2) is 0 Å². The Morgan fingerprint density at radius 1 is 1.33 bits per heavy atom. The van der Waals surface area contributed by atoms with Crippen molar-refractivity contribution in [2.24, 2.45) is 0 Å². The van der Waals surface area contributed by atoms with Gasteiger partial charge in [-0.1, -0.05) is 23.2 Å². The number of benzene rings is 1. The molecule has 2 unspecified atom stereocenters. The van der Waals surface area contributed by atoms with Crippen molar-refractivity contribution in [3.05, 3.63) is 28.2 Å². The van der Waals surface area contributed by atoms with E-state index in [9.17, 15) is 0 Å². The van der Waals surface area contributed by atoms with Crippen LogP contribution in [0.25, 0.3) is 0 Å². The summed E-state index contributed by atoms with van der Waals surface area (Å²) < 4.78 is 11.5. The normalized spacial score (nSPS) is 23.3. The fraction of sp³-hybridized carbons (Fsp3) is 0.538. The van der Waals surface area contributed by atoms with Crippen LogP contribution in [0.3, 0.4) is 0 Å². The van der Waals surface area contributed by atoms with Gasteiger partial charge < -0.3 is 14.8 Å². The van der Waals surface area contributed by atoms with Crippen molar-refractivity contribution >= 4 is 23.2 Å². The maximum Gasteiger partial charge on any atom is 0.139 e. The predicted octanol–water partition coefficient (Wildman–Crippen LogP) is 3.14. The molecule has 0 aliphatic carbocycles. The van der Waals surface area contributed by atoms with E-state index in [0.29, 0.717) is 28.5 Å². The zero-order valence-corrected chi connectivity index (χ0v) is 11.8. The Hall–Kier alpha value is -0.480. The molecule has 1 aromatic carbocycles. The lowest BCUT2D eigenvalue weighted by Gasteiger charge is -2.15. The van der Waals surface area contributed by atoms with Crippen LogP contribution >= 0.6 is 23.2 Å². The minimum Gasteiger partial charge on any atom is -0.489 e. The molecule has 2 rings (SSSR count). The molecule has 0 spiro atoms. The van der Waals surface area contributed by atoms with Gasteiger partial charge in [0.15, 0.2) is 0 Å². The van der Waals surface area contributed by atoms with Gasteiger partial charge in [-0.3, -0.25) is 0 Å². The second kappa shape index (κ2) is 6.62. The second-order valence-electron chi connectivity index (χ2n) is 4.40. The first-order chi connectivity index (χ1) is 8.69. The first-order valence-corrected chi connectivity index (χ1v) is 6.82. The second-order valence-corrected chi connectivity index (χ2v) is 5.24. The van der Waals surface area contributed by atoms with Crippen molar-refractivity contribution < 1.29 is 9.47 Å². The van der Waals surface area contributed by atoms with Gasteiger partial charge in [-0.05, 0) is 32.0 Å². The minimum absolute atomic E-state index is 0.137. The van der Waals surface area contributed by atoms with Crippen molar-refractivity contribution in [1.29, 1.82) is 0 Å². The zero-order chi connectivity index (χ0) is 13.0. The third-order valence-corrected chi connectivity index (χ3v) is 3.49. The van der Waals surface area contributed by atoms with Crippen molar-refractivity contribution in [3.8, 4) is 5.75 Å². The first-order valence-electron chi connectivity index (χ1n) is 6.07. The van der Waals surface area contributed by atoms with Crippen LogP contribution in [0.5, 0.6) is 5.75 Å². The molecule has 0 amide bonds. The lowest BCUT2D eigenvalue weighted by molar-refractivity contribution is 0.0194. The number of nitrogens with one attached hydrogen (secondary N) is 1. The van der Waals surface area contributed by atoms with Crippen molar-refractivity contribution in [1.82, 2.24) is 5.32 Å². The van der Waals surface area contributed by atoms with Crippen LogP contribution in [-0.4, -0.2) is 32.4 Å². The summed E-state index contributed by atoms with van der Waals surface area (Å²) in [4.78, 5) is 0. The van der Waals surface area contributed by atoms with Gasteiger partial charge in [0.05, 0.1) is 17.2 Å². The van der Waals surface area contributed by atoms with E-state index in [4.69, 9.17) is 32.7 Å². The summed E-state index contributed by atoms with van der Waals surface area (Å²) in [6.45, 7) is 1.40. The molecule has 0 radical (unpaired) electrons. The largest absolute Gasteiger partial charge is 0.489 e. The van der Waals surface area contributed by atoms with E-state index in [-0.39, 0.29) is 6.10 Å². The molecule has 5 heteroatoms. The fourth-order valence-electron chi connectivity index (χ4n) is 2.05. The van der Waals surface area contributed by atoms with E-state index in [2.05, 4.69) is 5.32 Å². The summed E-state index contributed by atoms with van der Waals surface area (Å²) >= 11 is 11.9. The average molecular weight is 290 g/mol. The maximum absolute atomic E-state index is 6.03. The summed E-state index contributed by atoms with van der Waals surface area (Å²) in [5.74, 6) is 0.616. The van der Waals surface area contributed by atoms with Gasteiger partial charge in [-0.2, -0.15) is 0 Å². The molecule has 0 aromatic heterocycles. The number of hydrogen-bond donors (Lipinski definition) is 1. The predicted molar refractivity (Wildman–Crippen MR) is 73.8 cm³/mol. The molecule has 100 valence electrons. The smallest absolute Gasteiger partial charge is 0.139 e. The van der Waals surface area contributed by atoms with Crippen LogP contribution in [0.1, 0.15) is 12.8 Å². The highest BCUT2D eigenvalue weighted by atomic mass is 35.5. The summed E-state index contributed by atoms with van der Waals surface area (Å²) in [7, 11) is 1.93. The molecule has 2 atom stereocenters. The van der Waals surface area contributed by atoms with Crippen LogP contribution in [0.15, 0.2) is 18.2 Å². The van der Waals surface area contributed by atoms with E-state index < -0.39 is 0 Å². The Morgan fingerprint density at radius 2 is 2.11 bits per heavy atom. The summed E-state index contributed by atoms with van der Waals surface area (Å²) in [6.07, 6.45) is 2.51. The fourth-order valence-corrected chi connectivity index (χ4v) is 2.39. The Balaban J connectivity index is 1.83. The minimum atomic E-state index is 0.137. The number of halogens is 2. The molecule has 1 fully saturated rings. The molecule has 1 aromatic rings. The van der Waals surface area contributed by atoms with E-state index in [1.54, 1.807) is 18.2 Å². The van der Waals surface area contributed by atoms with Gasteiger partial charge in [0, 0.05) is 17.6 Å². The van der Waals surface area contributed by atoms with E-state index in [0.717, 1.165) is 19.4 Å². The summed E-state index contributed by atoms with van der Waals surface area (Å²) in [5.41, 5.74) is 0. The topological polar surface area (TPSA) is 30.5 Å². The molecule has 1 heterocycles. The van der Waals surface area contributed by atoms with Gasteiger partial charge >= 0.3 is 0 Å². The quantitative estimate of drug-likeness (QED) is 0.903. The summed E-state index contributed by atoms with van der Waals surface area (Å²) in [6, 6.07) is 5.20. The SMILES string of the molecule is CNCC1CCC(COc2cc(Cl)ccc2Cl)O1. The molecule has 0 saturated carbocycles. The standard InChI is InChI=1S/C13H17Cl2NO2/c1-16-7-10-3-4-11(18-10)8-17-13-6-9(14)2-5-12(13)15/h2,5-6,10-11,16H,3-4,7-8H2,1H3. The van der Waals surface area contributed by atoms with E-state index in [1.807, 2.05) is 7.05 Å². The van der Waals surface area contributed by atoms with Gasteiger partial charge in [0.1, 0.15) is 12.4 Å². The number of hydrogen-bond acceptors (Lipinski definition) is 3. The number of ether oxygens (including phenoxy) is 2. The van der Waals surface area contributed by atoms with Crippen LogP contribution in [-0.2, 0) is 4.74 Å². The third kappa shape index (κ3) is 3.75. The number of likely N-dealkylation sites (N-methyl/N-ethyl adjacent to an activating group) is 1. The number of rotatable bonds is 5. The molecule has 18 heavy (non-hydrogen) atoms. The Kier molecular flexibility index (Phi) is 5.13. The molecular weight excluding hydrogens is 273 g/mol. The van der Waals surface area contributed by atoms with Crippen LogP contribution in [0.2, 0.25) is 10.0 Å². The van der Waals surface area contributed by atoms with Gasteiger partial charge in [-0.15, -0.1) is 0 Å². The van der Waals surface area contributed by atoms with Gasteiger partial charge in [0.2, 0.25) is 0 Å². The first kappa shape index (κ1) is 13.9. The highest BCUT2D eigenvalue weighted by Crippen LogP contribution is 2.29. The van der Waals surface area contributed by atoms with E-state index in [1.165, 1.54) is 0 Å². The Bertz CT molecular complexity index is 401. The average Bonchev–Trinajstić information content (AvgIpc) is 2.79. The molecule has 1 aliphatic heterocycles. The van der Waals surface area contributed by atoms with Crippen LogP contribution in [0.4, 0.5) is 0 Å². The van der Waals surface area contributed by atoms with Crippen molar-refractivity contribution in [3.63, 3.8) is 0 Å². The molecular formula is C13H17Cl2NO2. The highest BCUT2D eigenvalue weighted by molar-refractivity contribution is 6.34. The Labute approximate surface area is 117 Å². The van der Waals surface area contributed by atoms with Crippen molar-refractivity contribution in [2.45, 2.75) is 25.0 Å². The monoisotopic (exact) mass is 289 g/mol. The zero-order valence-electron chi connectivity index (χ0n) is 10.3. The third-order valence-electron chi connectivity index (χ3n) is 2.95. The van der Waals surface area contributed by atoms with Crippen LogP contribution in [0, 0.1) is 0 Å². The van der Waals surface area contributed by atoms with Crippen molar-refractivity contribution in [2.75, 3.05) is 20.2 Å². The highest BCUT2D eigenvalue weighted by Gasteiger charge is 2.25. The lowest BCUT2D eigenvalue weighted by Crippen LogP contribution is -2.25. The molecule has 1 aliphatic rings. The molecule has 1 N–H and O–H groups in total. The Morgan fingerprint density at radius 3 is 2.89 bits per heavy atom. The van der Waals surface area contributed by atoms with Crippen LogP contribution < -0.4 is 10.1 Å². The molecule has 1 saturated heterocycles. The molecule has 0 bridgehead atoms. The maximum atomic E-state index is 6.03. The lowest BCUT2D eigenvalue weighted by atomic mass is 10.2. The van der Waals surface area contributed by atoms with E-state index >= 15 is 0 Å².